The van der Waals surface area contributed by atoms with Crippen LogP contribution >= 0.6 is 0 Å². The Morgan fingerprint density at radius 3 is 2.14 bits per heavy atom. The molecule has 0 heterocycles. The molecule has 3 N–H and O–H groups in total. The predicted octanol–water partition coefficient (Wildman–Crippen LogP) is 3.11. The minimum Gasteiger partial charge on any atom is -0.378 e. The van der Waals surface area contributed by atoms with Crippen LogP contribution in [0.1, 0.15) is 45.7 Å². The summed E-state index contributed by atoms with van der Waals surface area (Å²) < 4.78 is 46.3. The van der Waals surface area contributed by atoms with E-state index in [9.17, 15) is 22.4 Å². The van der Waals surface area contributed by atoms with Gasteiger partial charge < -0.3 is 20.7 Å². The van der Waals surface area contributed by atoms with Gasteiger partial charge in [0.25, 0.3) is 0 Å². The highest BCUT2D eigenvalue weighted by molar-refractivity contribution is 7.88. The maximum atomic E-state index is 13.9. The van der Waals surface area contributed by atoms with Crippen LogP contribution < -0.4 is 16.0 Å². The molecule has 0 radical (unpaired) electrons. The van der Waals surface area contributed by atoms with Gasteiger partial charge in [-0.25, -0.2) is 12.8 Å². The summed E-state index contributed by atoms with van der Waals surface area (Å²) in [5, 5.41) is 8.80. The summed E-state index contributed by atoms with van der Waals surface area (Å²) >= 11 is 0. The maximum absolute atomic E-state index is 13.9. The third-order valence-electron chi connectivity index (χ3n) is 6.79. The summed E-state index contributed by atoms with van der Waals surface area (Å²) in [6.07, 6.45) is 0.888. The molecule has 0 aliphatic carbocycles. The Labute approximate surface area is 250 Å². The van der Waals surface area contributed by atoms with E-state index in [4.69, 9.17) is 4.74 Å². The molecule has 0 aliphatic rings. The molecule has 0 spiro atoms. The lowest BCUT2D eigenvalue weighted by atomic mass is 9.85. The van der Waals surface area contributed by atoms with E-state index in [1.165, 1.54) is 17.5 Å². The van der Waals surface area contributed by atoms with Gasteiger partial charge in [0.2, 0.25) is 21.8 Å². The first kappa shape index (κ1) is 35.3. The lowest BCUT2D eigenvalue weighted by molar-refractivity contribution is -0.132. The van der Waals surface area contributed by atoms with Crippen LogP contribution in [0.15, 0.2) is 54.6 Å². The largest absolute Gasteiger partial charge is 0.378 e. The molecule has 11 heteroatoms. The minimum atomic E-state index is -3.53. The highest BCUT2D eigenvalue weighted by Gasteiger charge is 2.36. The number of nitrogens with zero attached hydrogens (tertiary/aromatic N) is 1. The number of rotatable bonds is 16. The van der Waals surface area contributed by atoms with E-state index in [1.54, 1.807) is 18.2 Å². The molecule has 0 bridgehead atoms. The van der Waals surface area contributed by atoms with Gasteiger partial charge in [-0.2, -0.15) is 4.31 Å². The number of halogens is 1. The molecule has 0 unspecified atom stereocenters. The van der Waals surface area contributed by atoms with Crippen LogP contribution in [-0.2, 0) is 37.3 Å². The lowest BCUT2D eigenvalue weighted by Gasteiger charge is -2.35. The number of nitrogens with one attached hydrogen (secondary N) is 3. The van der Waals surface area contributed by atoms with Crippen LogP contribution in [0, 0.1) is 17.2 Å². The first-order chi connectivity index (χ1) is 19.6. The molecule has 0 fully saturated rings. The lowest BCUT2D eigenvalue weighted by Crippen LogP contribution is -2.59. The highest BCUT2D eigenvalue weighted by Crippen LogP contribution is 2.21. The predicted molar refractivity (Wildman–Crippen MR) is 164 cm³/mol. The van der Waals surface area contributed by atoms with Crippen LogP contribution in [0.25, 0.3) is 0 Å². The van der Waals surface area contributed by atoms with E-state index in [2.05, 4.69) is 16.0 Å². The Balaban J connectivity index is 2.23. The summed E-state index contributed by atoms with van der Waals surface area (Å²) in [4.78, 5) is 26.6. The average molecular weight is 607 g/mol. The summed E-state index contributed by atoms with van der Waals surface area (Å²) in [5.41, 5.74) is 0.723. The van der Waals surface area contributed by atoms with Crippen molar-refractivity contribution in [3.05, 3.63) is 71.5 Å². The second-order valence-corrected chi connectivity index (χ2v) is 14.1. The van der Waals surface area contributed by atoms with Crippen LogP contribution in [-0.4, -0.2) is 75.7 Å². The molecule has 0 saturated heterocycles. The number of hydrogen-bond acceptors (Lipinski definition) is 6. The number of hydrogen-bond donors (Lipinski definition) is 3. The van der Waals surface area contributed by atoms with Crippen molar-refractivity contribution in [2.75, 3.05) is 33.0 Å². The maximum Gasteiger partial charge on any atom is 0.243 e. The van der Waals surface area contributed by atoms with Gasteiger partial charge in [0, 0.05) is 32.3 Å². The van der Waals surface area contributed by atoms with Crippen molar-refractivity contribution in [2.45, 2.75) is 65.8 Å². The molecule has 0 aromatic heterocycles. The van der Waals surface area contributed by atoms with Crippen molar-refractivity contribution in [2.24, 2.45) is 11.3 Å². The van der Waals surface area contributed by atoms with Crippen LogP contribution in [0.5, 0.6) is 0 Å². The van der Waals surface area contributed by atoms with Crippen molar-refractivity contribution in [3.8, 4) is 0 Å². The number of sulfonamides is 1. The first-order valence-electron chi connectivity index (χ1n) is 14.2. The molecule has 2 rings (SSSR count). The van der Waals surface area contributed by atoms with Crippen LogP contribution in [0.4, 0.5) is 4.39 Å². The number of carbonyl (C=O) groups excluding carboxylic acids is 2. The normalized spacial score (nSPS) is 14.4. The molecule has 234 valence electrons. The van der Waals surface area contributed by atoms with Crippen LogP contribution in [0.3, 0.4) is 0 Å². The second kappa shape index (κ2) is 16.1. The standard InChI is InChI=1S/C31H47FN4O5S/c1-22(2)20-36(42(7,39)40)21-27(41-6)26(17-23-13-9-8-10-14-23)34-30(38)29(31(3,4)5)35-28(37)19-33-18-24-15-11-12-16-25(24)32/h8-16,22,26-27,29,33H,17-21H2,1-7H3,(H,34,38)(H,35,37)/t26-,27+,29+/m0/s1. The van der Waals surface area contributed by atoms with Gasteiger partial charge in [-0.15, -0.1) is 0 Å². The molecule has 2 aromatic rings. The fourth-order valence-corrected chi connectivity index (χ4v) is 5.56. The number of carbonyl (C=O) groups is 2. The van der Waals surface area contributed by atoms with E-state index in [-0.39, 0.29) is 31.4 Å². The molecule has 42 heavy (non-hydrogen) atoms. The minimum absolute atomic E-state index is 0.0534. The Kier molecular flexibility index (Phi) is 13.6. The third kappa shape index (κ3) is 11.8. The Hall–Kier alpha value is -2.86. The Morgan fingerprint density at radius 1 is 0.976 bits per heavy atom. The molecule has 9 nitrogen and oxygen atoms in total. The monoisotopic (exact) mass is 606 g/mol. The molecule has 0 aliphatic heterocycles. The third-order valence-corrected chi connectivity index (χ3v) is 8.03. The molecule has 3 atom stereocenters. The van der Waals surface area contributed by atoms with Crippen molar-refractivity contribution in [1.82, 2.24) is 20.3 Å². The Bertz CT molecular complexity index is 1250. The zero-order valence-electron chi connectivity index (χ0n) is 25.8. The van der Waals surface area contributed by atoms with Gasteiger partial charge in [-0.1, -0.05) is 83.1 Å². The SMILES string of the molecule is CO[C@H](CN(CC(C)C)S(C)(=O)=O)[C@H](Cc1ccccc1)NC(=O)[C@@H](NC(=O)CNCc1ccccc1F)C(C)(C)C. The Morgan fingerprint density at radius 2 is 1.60 bits per heavy atom. The van der Waals surface area contributed by atoms with Gasteiger partial charge in [-0.3, -0.25) is 9.59 Å². The quantitative estimate of drug-likeness (QED) is 0.271. The molecule has 2 amide bonds. The van der Waals surface area contributed by atoms with Gasteiger partial charge >= 0.3 is 0 Å². The molecule has 2 aromatic carbocycles. The fourth-order valence-electron chi connectivity index (χ4n) is 4.57. The first-order valence-corrected chi connectivity index (χ1v) is 16.0. The zero-order chi connectivity index (χ0) is 31.5. The van der Waals surface area contributed by atoms with E-state index in [0.717, 1.165) is 11.8 Å². The topological polar surface area (TPSA) is 117 Å². The van der Waals surface area contributed by atoms with Gasteiger partial charge in [0.1, 0.15) is 11.9 Å². The van der Waals surface area contributed by atoms with E-state index >= 15 is 0 Å². The summed E-state index contributed by atoms with van der Waals surface area (Å²) in [5.74, 6) is -1.10. The molecule has 0 saturated carbocycles. The zero-order valence-corrected chi connectivity index (χ0v) is 26.6. The summed E-state index contributed by atoms with van der Waals surface area (Å²) in [6, 6.07) is 14.3. The van der Waals surface area contributed by atoms with Crippen molar-refractivity contribution in [1.29, 1.82) is 0 Å². The smallest absolute Gasteiger partial charge is 0.243 e. The van der Waals surface area contributed by atoms with Crippen LogP contribution in [0.2, 0.25) is 0 Å². The number of methoxy groups -OCH3 is 1. The van der Waals surface area contributed by atoms with Crippen molar-refractivity contribution < 1.29 is 27.1 Å². The van der Waals surface area contributed by atoms with Crippen molar-refractivity contribution >= 4 is 21.8 Å². The summed E-state index contributed by atoms with van der Waals surface area (Å²) in [7, 11) is -2.04. The van der Waals surface area contributed by atoms with Crippen molar-refractivity contribution in [3.63, 3.8) is 0 Å². The van der Waals surface area contributed by atoms with Gasteiger partial charge in [0.15, 0.2) is 0 Å². The average Bonchev–Trinajstić information content (AvgIpc) is 2.89. The number of benzene rings is 2. The number of ether oxygens (including phenoxy) is 1. The van der Waals surface area contributed by atoms with E-state index in [1.807, 2.05) is 65.0 Å². The second-order valence-electron chi connectivity index (χ2n) is 12.1. The van der Waals surface area contributed by atoms with E-state index < -0.39 is 45.4 Å². The molecular formula is C31H47FN4O5S. The summed E-state index contributed by atoms with van der Waals surface area (Å²) in [6.45, 7) is 9.82. The fraction of sp³-hybridized carbons (Fsp3) is 0.548. The van der Waals surface area contributed by atoms with Gasteiger partial charge in [-0.05, 0) is 29.4 Å². The highest BCUT2D eigenvalue weighted by atomic mass is 32.2. The molecular weight excluding hydrogens is 559 g/mol. The van der Waals surface area contributed by atoms with E-state index in [0.29, 0.717) is 18.5 Å². The number of amides is 2. The van der Waals surface area contributed by atoms with Gasteiger partial charge in [0.05, 0.1) is 24.9 Å².